The fraction of sp³-hybridized carbons (Fsp3) is 0.636. The van der Waals surface area contributed by atoms with Crippen molar-refractivity contribution in [2.45, 2.75) is 38.8 Å². The Morgan fingerprint density at radius 3 is 3.08 bits per heavy atom. The number of nitrogens with one attached hydrogen (secondary N) is 1. The van der Waals surface area contributed by atoms with Gasteiger partial charge in [-0.3, -0.25) is 0 Å². The van der Waals surface area contributed by atoms with Gasteiger partial charge in [0.15, 0.2) is 0 Å². The lowest BCUT2D eigenvalue weighted by atomic mass is 10.1. The van der Waals surface area contributed by atoms with E-state index in [2.05, 4.69) is 12.2 Å². The van der Waals surface area contributed by atoms with E-state index in [1.165, 1.54) is 19.3 Å². The Bertz CT molecular complexity index is 239. The van der Waals surface area contributed by atoms with Gasteiger partial charge in [-0.1, -0.05) is 12.8 Å². The maximum Gasteiger partial charge on any atom is 0.117 e. The highest BCUT2D eigenvalue weighted by molar-refractivity contribution is 4.97. The molecule has 2 heteroatoms. The molecule has 0 spiro atoms. The number of hydrogen-bond donors (Lipinski definition) is 1. The third-order valence-electron chi connectivity index (χ3n) is 2.59. The van der Waals surface area contributed by atoms with Gasteiger partial charge in [0, 0.05) is 6.04 Å². The Labute approximate surface area is 79.3 Å². The van der Waals surface area contributed by atoms with E-state index in [0.717, 1.165) is 18.2 Å². The molecule has 0 saturated heterocycles. The summed E-state index contributed by atoms with van der Waals surface area (Å²) < 4.78 is 5.24. The van der Waals surface area contributed by atoms with Crippen molar-refractivity contribution in [1.29, 1.82) is 0 Å². The molecule has 13 heavy (non-hydrogen) atoms. The third kappa shape index (κ3) is 2.88. The largest absolute Gasteiger partial charge is 0.468 e. The van der Waals surface area contributed by atoms with Crippen molar-refractivity contribution in [1.82, 2.24) is 5.32 Å². The first-order valence-electron chi connectivity index (χ1n) is 5.10. The van der Waals surface area contributed by atoms with E-state index in [1.807, 2.05) is 12.1 Å². The van der Waals surface area contributed by atoms with Gasteiger partial charge in [-0.25, -0.2) is 0 Å². The van der Waals surface area contributed by atoms with Crippen LogP contribution in [0.5, 0.6) is 0 Å². The van der Waals surface area contributed by atoms with Gasteiger partial charge in [-0.2, -0.15) is 0 Å². The van der Waals surface area contributed by atoms with Crippen LogP contribution < -0.4 is 5.32 Å². The molecule has 1 aliphatic carbocycles. The molecule has 1 heterocycles. The van der Waals surface area contributed by atoms with Crippen molar-refractivity contribution in [2.24, 2.45) is 5.92 Å². The Morgan fingerprint density at radius 1 is 1.62 bits per heavy atom. The molecule has 0 bridgehead atoms. The van der Waals surface area contributed by atoms with Gasteiger partial charge in [0.1, 0.15) is 5.76 Å². The summed E-state index contributed by atoms with van der Waals surface area (Å²) >= 11 is 0. The maximum absolute atomic E-state index is 5.24. The molecule has 1 aromatic rings. The zero-order valence-electron chi connectivity index (χ0n) is 8.12. The van der Waals surface area contributed by atoms with Crippen LogP contribution in [0.25, 0.3) is 0 Å². The lowest BCUT2D eigenvalue weighted by molar-refractivity contribution is 0.433. The van der Waals surface area contributed by atoms with Crippen LogP contribution >= 0.6 is 0 Å². The number of hydrogen-bond acceptors (Lipinski definition) is 2. The van der Waals surface area contributed by atoms with Gasteiger partial charge in [0.05, 0.1) is 12.8 Å². The first-order valence-corrected chi connectivity index (χ1v) is 5.10. The van der Waals surface area contributed by atoms with Crippen molar-refractivity contribution in [3.05, 3.63) is 24.2 Å². The molecule has 0 amide bonds. The highest BCUT2D eigenvalue weighted by Gasteiger charge is 2.23. The molecule has 1 N–H and O–H groups in total. The highest BCUT2D eigenvalue weighted by Crippen LogP contribution is 2.33. The molecule has 0 radical (unpaired) electrons. The van der Waals surface area contributed by atoms with Crippen molar-refractivity contribution >= 4 is 0 Å². The fourth-order valence-corrected chi connectivity index (χ4v) is 1.62. The van der Waals surface area contributed by atoms with Crippen LogP contribution in [0, 0.1) is 5.92 Å². The summed E-state index contributed by atoms with van der Waals surface area (Å²) in [4.78, 5) is 0. The summed E-state index contributed by atoms with van der Waals surface area (Å²) in [5, 5.41) is 3.46. The zero-order valence-corrected chi connectivity index (χ0v) is 8.12. The van der Waals surface area contributed by atoms with Crippen LogP contribution in [-0.4, -0.2) is 6.04 Å². The third-order valence-corrected chi connectivity index (χ3v) is 2.59. The molecular formula is C11H17NO. The quantitative estimate of drug-likeness (QED) is 0.751. The predicted molar refractivity (Wildman–Crippen MR) is 52.4 cm³/mol. The molecule has 1 fully saturated rings. The Hall–Kier alpha value is -0.760. The molecule has 1 atom stereocenters. The van der Waals surface area contributed by atoms with Crippen LogP contribution in [-0.2, 0) is 6.54 Å². The number of rotatable bonds is 5. The van der Waals surface area contributed by atoms with Gasteiger partial charge in [0.2, 0.25) is 0 Å². The average molecular weight is 179 g/mol. The van der Waals surface area contributed by atoms with Crippen LogP contribution in [0.4, 0.5) is 0 Å². The molecular weight excluding hydrogens is 162 g/mol. The second-order valence-corrected chi connectivity index (χ2v) is 4.04. The van der Waals surface area contributed by atoms with Crippen molar-refractivity contribution < 1.29 is 4.42 Å². The van der Waals surface area contributed by atoms with Crippen molar-refractivity contribution in [3.63, 3.8) is 0 Å². The number of furan rings is 1. The van der Waals surface area contributed by atoms with Crippen molar-refractivity contribution in [2.75, 3.05) is 0 Å². The molecule has 72 valence electrons. The summed E-state index contributed by atoms with van der Waals surface area (Å²) in [6.45, 7) is 3.11. The van der Waals surface area contributed by atoms with Crippen molar-refractivity contribution in [3.8, 4) is 0 Å². The summed E-state index contributed by atoms with van der Waals surface area (Å²) in [5.41, 5.74) is 0. The second kappa shape index (κ2) is 3.97. The van der Waals surface area contributed by atoms with Crippen LogP contribution in [0.1, 0.15) is 31.9 Å². The van der Waals surface area contributed by atoms with Crippen LogP contribution in [0.15, 0.2) is 22.8 Å². The second-order valence-electron chi connectivity index (χ2n) is 4.04. The molecule has 0 aromatic carbocycles. The minimum Gasteiger partial charge on any atom is -0.468 e. The van der Waals surface area contributed by atoms with Crippen LogP contribution in [0.3, 0.4) is 0 Å². The highest BCUT2D eigenvalue weighted by atomic mass is 16.3. The maximum atomic E-state index is 5.24. The average Bonchev–Trinajstić information content (AvgIpc) is 2.78. The Balaban J connectivity index is 1.66. The van der Waals surface area contributed by atoms with E-state index in [4.69, 9.17) is 4.42 Å². The van der Waals surface area contributed by atoms with Gasteiger partial charge in [-0.15, -0.1) is 0 Å². The standard InChI is InChI=1S/C11H17NO/c1-9(7-10-4-5-10)12-8-11-3-2-6-13-11/h2-3,6,9-10,12H,4-5,7-8H2,1H3. The van der Waals surface area contributed by atoms with E-state index in [1.54, 1.807) is 6.26 Å². The minimum atomic E-state index is 0.623. The molecule has 1 saturated carbocycles. The summed E-state index contributed by atoms with van der Waals surface area (Å²) in [6, 6.07) is 4.57. The SMILES string of the molecule is CC(CC1CC1)NCc1ccco1. The first-order chi connectivity index (χ1) is 6.34. The fourth-order valence-electron chi connectivity index (χ4n) is 1.62. The Kier molecular flexibility index (Phi) is 2.69. The molecule has 1 unspecified atom stereocenters. The smallest absolute Gasteiger partial charge is 0.117 e. The van der Waals surface area contributed by atoms with E-state index >= 15 is 0 Å². The molecule has 0 aliphatic heterocycles. The minimum absolute atomic E-state index is 0.623. The molecule has 1 aromatic heterocycles. The predicted octanol–water partition coefficient (Wildman–Crippen LogP) is 2.56. The normalized spacial score (nSPS) is 18.8. The van der Waals surface area contributed by atoms with Crippen LogP contribution in [0.2, 0.25) is 0 Å². The van der Waals surface area contributed by atoms with E-state index in [0.29, 0.717) is 6.04 Å². The summed E-state index contributed by atoms with van der Waals surface area (Å²) in [5.74, 6) is 2.03. The Morgan fingerprint density at radius 2 is 2.46 bits per heavy atom. The van der Waals surface area contributed by atoms with E-state index < -0.39 is 0 Å². The summed E-state index contributed by atoms with van der Waals surface area (Å²) in [7, 11) is 0. The van der Waals surface area contributed by atoms with Gasteiger partial charge in [-0.05, 0) is 31.4 Å². The monoisotopic (exact) mass is 179 g/mol. The first kappa shape index (κ1) is 8.82. The zero-order chi connectivity index (χ0) is 9.10. The van der Waals surface area contributed by atoms with E-state index in [9.17, 15) is 0 Å². The van der Waals surface area contributed by atoms with Gasteiger partial charge < -0.3 is 9.73 Å². The molecule has 1 aliphatic rings. The topological polar surface area (TPSA) is 25.2 Å². The van der Waals surface area contributed by atoms with E-state index in [-0.39, 0.29) is 0 Å². The molecule has 2 rings (SSSR count). The van der Waals surface area contributed by atoms with Gasteiger partial charge in [0.25, 0.3) is 0 Å². The summed E-state index contributed by atoms with van der Waals surface area (Å²) in [6.07, 6.45) is 5.92. The lowest BCUT2D eigenvalue weighted by Crippen LogP contribution is -2.25. The van der Waals surface area contributed by atoms with Gasteiger partial charge >= 0.3 is 0 Å². The molecule has 2 nitrogen and oxygen atoms in total. The lowest BCUT2D eigenvalue weighted by Gasteiger charge is -2.11.